The van der Waals surface area contributed by atoms with E-state index >= 15 is 0 Å². The van der Waals surface area contributed by atoms with Gasteiger partial charge in [0.15, 0.2) is 0 Å². The van der Waals surface area contributed by atoms with Crippen molar-refractivity contribution in [3.05, 3.63) is 72.2 Å². The average molecular weight is 250 g/mol. The van der Waals surface area contributed by atoms with Crippen LogP contribution in [0.25, 0.3) is 10.9 Å². The molecule has 0 radical (unpaired) electrons. The number of fused-ring (bicyclic) bond motifs is 1. The van der Waals surface area contributed by atoms with Gasteiger partial charge in [-0.15, -0.1) is 0 Å². The number of aliphatic hydroxyl groups is 1. The highest BCUT2D eigenvalue weighted by Gasteiger charge is 2.12. The number of nitrogens with zero attached hydrogens (tertiary/aromatic N) is 2. The summed E-state index contributed by atoms with van der Waals surface area (Å²) in [6.45, 7) is 0. The highest BCUT2D eigenvalue weighted by molar-refractivity contribution is 5.82. The minimum Gasteiger partial charge on any atom is -0.388 e. The molecule has 3 aromatic rings. The molecule has 2 heterocycles. The predicted octanol–water partition coefficient (Wildman–Crippen LogP) is 2.91. The molecule has 0 aliphatic heterocycles. The number of pyridine rings is 2. The number of aromatic nitrogens is 2. The van der Waals surface area contributed by atoms with Gasteiger partial charge in [-0.25, -0.2) is 0 Å². The van der Waals surface area contributed by atoms with Crippen LogP contribution in [0.5, 0.6) is 0 Å². The van der Waals surface area contributed by atoms with Gasteiger partial charge in [0, 0.05) is 30.4 Å². The van der Waals surface area contributed by atoms with E-state index in [-0.39, 0.29) is 0 Å². The number of aliphatic hydroxyl groups excluding tert-OH is 1. The molecule has 19 heavy (non-hydrogen) atoms. The summed E-state index contributed by atoms with van der Waals surface area (Å²) in [5, 5.41) is 11.4. The largest absolute Gasteiger partial charge is 0.388 e. The van der Waals surface area contributed by atoms with E-state index < -0.39 is 6.10 Å². The van der Waals surface area contributed by atoms with Gasteiger partial charge in [0.25, 0.3) is 0 Å². The molecular weight excluding hydrogens is 236 g/mol. The third-order valence-electron chi connectivity index (χ3n) is 3.22. The molecular formula is C16H14N2O. The Morgan fingerprint density at radius 3 is 2.58 bits per heavy atom. The predicted molar refractivity (Wildman–Crippen MR) is 74.6 cm³/mol. The van der Waals surface area contributed by atoms with Crippen LogP contribution in [-0.4, -0.2) is 15.1 Å². The van der Waals surface area contributed by atoms with E-state index in [4.69, 9.17) is 0 Å². The maximum atomic E-state index is 10.4. The summed E-state index contributed by atoms with van der Waals surface area (Å²) in [5.41, 5.74) is 2.90. The SMILES string of the molecule is OC(Cc1ccncc1)c1ccnc2ccccc12. The number of rotatable bonds is 3. The summed E-state index contributed by atoms with van der Waals surface area (Å²) in [7, 11) is 0. The van der Waals surface area contributed by atoms with Gasteiger partial charge in [0.2, 0.25) is 0 Å². The standard InChI is InChI=1S/C16H14N2O/c19-16(11-12-5-8-17-9-6-12)14-7-10-18-15-4-2-1-3-13(14)15/h1-10,16,19H,11H2. The van der Waals surface area contributed by atoms with Crippen LogP contribution >= 0.6 is 0 Å². The molecule has 3 heteroatoms. The van der Waals surface area contributed by atoms with E-state index in [2.05, 4.69) is 9.97 Å². The van der Waals surface area contributed by atoms with Crippen LogP contribution in [0, 0.1) is 0 Å². The first kappa shape index (κ1) is 11.8. The van der Waals surface area contributed by atoms with Crippen LogP contribution in [0.2, 0.25) is 0 Å². The summed E-state index contributed by atoms with van der Waals surface area (Å²) in [6.07, 6.45) is 5.28. The van der Waals surface area contributed by atoms with Gasteiger partial charge in [-0.05, 0) is 35.4 Å². The third kappa shape index (κ3) is 2.46. The molecule has 2 aromatic heterocycles. The molecule has 0 bridgehead atoms. The minimum atomic E-state index is -0.532. The Morgan fingerprint density at radius 1 is 0.947 bits per heavy atom. The highest BCUT2D eigenvalue weighted by atomic mass is 16.3. The third-order valence-corrected chi connectivity index (χ3v) is 3.22. The highest BCUT2D eigenvalue weighted by Crippen LogP contribution is 2.25. The first-order valence-electron chi connectivity index (χ1n) is 6.25. The summed E-state index contributed by atoms with van der Waals surface area (Å²) >= 11 is 0. The molecule has 0 saturated carbocycles. The van der Waals surface area contributed by atoms with E-state index in [1.807, 2.05) is 42.5 Å². The molecule has 1 unspecified atom stereocenters. The molecule has 0 saturated heterocycles. The van der Waals surface area contributed by atoms with Gasteiger partial charge < -0.3 is 5.11 Å². The first-order valence-corrected chi connectivity index (χ1v) is 6.25. The second-order valence-corrected chi connectivity index (χ2v) is 4.49. The van der Waals surface area contributed by atoms with E-state index in [1.165, 1.54) is 0 Å². The van der Waals surface area contributed by atoms with Crippen LogP contribution in [-0.2, 0) is 6.42 Å². The topological polar surface area (TPSA) is 46.0 Å². The zero-order valence-corrected chi connectivity index (χ0v) is 10.4. The van der Waals surface area contributed by atoms with Crippen molar-refractivity contribution in [3.63, 3.8) is 0 Å². The zero-order valence-electron chi connectivity index (χ0n) is 10.4. The maximum Gasteiger partial charge on any atom is 0.0837 e. The van der Waals surface area contributed by atoms with Gasteiger partial charge in [0.1, 0.15) is 0 Å². The molecule has 3 nitrogen and oxygen atoms in total. The van der Waals surface area contributed by atoms with Crippen molar-refractivity contribution in [2.45, 2.75) is 12.5 Å². The quantitative estimate of drug-likeness (QED) is 0.777. The van der Waals surface area contributed by atoms with Gasteiger partial charge >= 0.3 is 0 Å². The van der Waals surface area contributed by atoms with E-state index in [0.717, 1.165) is 22.0 Å². The fourth-order valence-electron chi connectivity index (χ4n) is 2.26. The van der Waals surface area contributed by atoms with Gasteiger partial charge in [-0.3, -0.25) is 9.97 Å². The smallest absolute Gasteiger partial charge is 0.0837 e. The number of para-hydroxylation sites is 1. The Bertz CT molecular complexity index is 677. The monoisotopic (exact) mass is 250 g/mol. The van der Waals surface area contributed by atoms with Crippen LogP contribution in [0.1, 0.15) is 17.2 Å². The summed E-state index contributed by atoms with van der Waals surface area (Å²) in [5.74, 6) is 0. The second kappa shape index (κ2) is 5.16. The van der Waals surface area contributed by atoms with Crippen molar-refractivity contribution >= 4 is 10.9 Å². The van der Waals surface area contributed by atoms with Crippen molar-refractivity contribution in [1.29, 1.82) is 0 Å². The van der Waals surface area contributed by atoms with E-state index in [9.17, 15) is 5.11 Å². The van der Waals surface area contributed by atoms with Crippen LogP contribution in [0.4, 0.5) is 0 Å². The minimum absolute atomic E-state index is 0.532. The van der Waals surface area contributed by atoms with Gasteiger partial charge in [-0.1, -0.05) is 18.2 Å². The zero-order chi connectivity index (χ0) is 13.1. The van der Waals surface area contributed by atoms with Crippen molar-refractivity contribution in [3.8, 4) is 0 Å². The summed E-state index contributed by atoms with van der Waals surface area (Å²) < 4.78 is 0. The van der Waals surface area contributed by atoms with Crippen molar-refractivity contribution in [1.82, 2.24) is 9.97 Å². The molecule has 0 amide bonds. The van der Waals surface area contributed by atoms with E-state index in [0.29, 0.717) is 6.42 Å². The molecule has 3 rings (SSSR count). The number of benzene rings is 1. The lowest BCUT2D eigenvalue weighted by atomic mass is 9.99. The molecule has 1 atom stereocenters. The number of hydrogen-bond donors (Lipinski definition) is 1. The Kier molecular flexibility index (Phi) is 3.21. The van der Waals surface area contributed by atoms with Gasteiger partial charge in [-0.2, -0.15) is 0 Å². The molecule has 94 valence electrons. The van der Waals surface area contributed by atoms with Crippen molar-refractivity contribution < 1.29 is 5.11 Å². The second-order valence-electron chi connectivity index (χ2n) is 4.49. The summed E-state index contributed by atoms with van der Waals surface area (Å²) in [6, 6.07) is 13.6. The van der Waals surface area contributed by atoms with Crippen LogP contribution < -0.4 is 0 Å². The van der Waals surface area contributed by atoms with Gasteiger partial charge in [0.05, 0.1) is 11.6 Å². The Morgan fingerprint density at radius 2 is 1.74 bits per heavy atom. The van der Waals surface area contributed by atoms with Crippen molar-refractivity contribution in [2.24, 2.45) is 0 Å². The first-order chi connectivity index (χ1) is 9.34. The average Bonchev–Trinajstić information content (AvgIpc) is 2.47. The van der Waals surface area contributed by atoms with Crippen LogP contribution in [0.15, 0.2) is 61.1 Å². The Hall–Kier alpha value is -2.26. The van der Waals surface area contributed by atoms with Crippen LogP contribution in [0.3, 0.4) is 0 Å². The summed E-state index contributed by atoms with van der Waals surface area (Å²) in [4.78, 5) is 8.29. The van der Waals surface area contributed by atoms with E-state index in [1.54, 1.807) is 18.6 Å². The lowest BCUT2D eigenvalue weighted by molar-refractivity contribution is 0.180. The Labute approximate surface area is 111 Å². The Balaban J connectivity index is 1.96. The molecule has 0 aliphatic carbocycles. The lowest BCUT2D eigenvalue weighted by Gasteiger charge is -2.13. The molecule has 1 N–H and O–H groups in total. The molecule has 0 spiro atoms. The molecule has 1 aromatic carbocycles. The molecule has 0 aliphatic rings. The fourth-order valence-corrected chi connectivity index (χ4v) is 2.26. The van der Waals surface area contributed by atoms with Crippen molar-refractivity contribution in [2.75, 3.05) is 0 Å². The fraction of sp³-hybridized carbons (Fsp3) is 0.125. The lowest BCUT2D eigenvalue weighted by Crippen LogP contribution is -2.03. The number of hydrogen-bond acceptors (Lipinski definition) is 3. The normalized spacial score (nSPS) is 12.5. The molecule has 0 fully saturated rings. The maximum absolute atomic E-state index is 10.4.